The third kappa shape index (κ3) is 13.3. The third-order valence-electron chi connectivity index (χ3n) is 2.89. The Morgan fingerprint density at radius 2 is 1.17 bits per heavy atom. The number of ether oxygens (including phenoxy) is 2. The molecule has 0 aliphatic carbocycles. The molecule has 0 N–H and O–H groups in total. The number of carbonyl (C=O) groups is 1. The first-order valence-electron chi connectivity index (χ1n) is 7.60. The van der Waals surface area contributed by atoms with E-state index in [-0.39, 0.29) is 0 Å². The number of hydrogen-bond acceptors (Lipinski definition) is 3. The summed E-state index contributed by atoms with van der Waals surface area (Å²) in [5.41, 5.74) is 0. The minimum absolute atomic E-state index is 0.455. The first kappa shape index (κ1) is 17.3. The highest BCUT2D eigenvalue weighted by Crippen LogP contribution is 2.09. The maximum absolute atomic E-state index is 11.0. The Bertz CT molecular complexity index is 181. The number of rotatable bonds is 12. The molecule has 0 saturated heterocycles. The van der Waals surface area contributed by atoms with E-state index in [1.807, 2.05) is 6.92 Å². The maximum atomic E-state index is 11.0. The Balaban J connectivity index is 3.04. The molecule has 0 spiro atoms. The quantitative estimate of drug-likeness (QED) is 0.362. The lowest BCUT2D eigenvalue weighted by Crippen LogP contribution is -2.08. The summed E-state index contributed by atoms with van der Waals surface area (Å²) in [6.45, 7) is 5.16. The average Bonchev–Trinajstić information content (AvgIpc) is 2.38. The van der Waals surface area contributed by atoms with Gasteiger partial charge in [-0.25, -0.2) is 4.79 Å². The zero-order valence-corrected chi connectivity index (χ0v) is 12.2. The van der Waals surface area contributed by atoms with Crippen LogP contribution < -0.4 is 0 Å². The van der Waals surface area contributed by atoms with E-state index in [4.69, 9.17) is 9.47 Å². The monoisotopic (exact) mass is 258 g/mol. The normalized spacial score (nSPS) is 10.3. The van der Waals surface area contributed by atoms with Gasteiger partial charge in [0.2, 0.25) is 0 Å². The van der Waals surface area contributed by atoms with Crippen molar-refractivity contribution in [3.05, 3.63) is 0 Å². The molecule has 3 heteroatoms. The van der Waals surface area contributed by atoms with Gasteiger partial charge in [-0.05, 0) is 12.8 Å². The van der Waals surface area contributed by atoms with Gasteiger partial charge < -0.3 is 9.47 Å². The Kier molecular flexibility index (Phi) is 13.8. The van der Waals surface area contributed by atoms with Gasteiger partial charge in [0.25, 0.3) is 0 Å². The summed E-state index contributed by atoms with van der Waals surface area (Å²) in [4.78, 5) is 11.0. The van der Waals surface area contributed by atoms with E-state index < -0.39 is 6.16 Å². The average molecular weight is 258 g/mol. The van der Waals surface area contributed by atoms with Crippen molar-refractivity contribution < 1.29 is 14.3 Å². The highest BCUT2D eigenvalue weighted by atomic mass is 16.7. The van der Waals surface area contributed by atoms with Gasteiger partial charge in [-0.1, -0.05) is 65.2 Å². The van der Waals surface area contributed by atoms with Crippen LogP contribution in [0.3, 0.4) is 0 Å². The Labute approximate surface area is 112 Å². The van der Waals surface area contributed by atoms with Gasteiger partial charge in [-0.3, -0.25) is 0 Å². The van der Waals surface area contributed by atoms with E-state index in [1.165, 1.54) is 44.9 Å². The molecule has 0 aromatic rings. The predicted molar refractivity (Wildman–Crippen MR) is 74.8 cm³/mol. The highest BCUT2D eigenvalue weighted by molar-refractivity contribution is 5.59. The van der Waals surface area contributed by atoms with Gasteiger partial charge in [0.1, 0.15) is 0 Å². The first-order chi connectivity index (χ1) is 8.81. The van der Waals surface area contributed by atoms with Crippen LogP contribution in [0.25, 0.3) is 0 Å². The fourth-order valence-electron chi connectivity index (χ4n) is 1.80. The summed E-state index contributed by atoms with van der Waals surface area (Å²) < 4.78 is 9.76. The molecule has 18 heavy (non-hydrogen) atoms. The van der Waals surface area contributed by atoms with Crippen LogP contribution in [-0.2, 0) is 9.47 Å². The van der Waals surface area contributed by atoms with E-state index >= 15 is 0 Å². The molecule has 3 nitrogen and oxygen atoms in total. The molecule has 0 radical (unpaired) electrons. The molecule has 0 saturated carbocycles. The molecule has 0 rings (SSSR count). The van der Waals surface area contributed by atoms with Crippen molar-refractivity contribution in [2.24, 2.45) is 0 Å². The molecule has 0 aliphatic rings. The standard InChI is InChI=1S/C15H30O3/c1-3-5-6-7-8-9-10-11-12-14-18-15(16)17-13-4-2/h3-14H2,1-2H3. The van der Waals surface area contributed by atoms with Gasteiger partial charge in [0.15, 0.2) is 0 Å². The summed E-state index contributed by atoms with van der Waals surface area (Å²) in [6, 6.07) is 0. The van der Waals surface area contributed by atoms with E-state index in [0.717, 1.165) is 19.3 Å². The van der Waals surface area contributed by atoms with Crippen molar-refractivity contribution >= 4 is 6.16 Å². The fourth-order valence-corrected chi connectivity index (χ4v) is 1.80. The topological polar surface area (TPSA) is 35.5 Å². The second kappa shape index (κ2) is 14.3. The molecule has 0 atom stereocenters. The van der Waals surface area contributed by atoms with Crippen LogP contribution in [0, 0.1) is 0 Å². The lowest BCUT2D eigenvalue weighted by Gasteiger charge is -2.05. The van der Waals surface area contributed by atoms with Gasteiger partial charge in [-0.15, -0.1) is 0 Å². The van der Waals surface area contributed by atoms with E-state index in [1.54, 1.807) is 0 Å². The van der Waals surface area contributed by atoms with Gasteiger partial charge in [-0.2, -0.15) is 0 Å². The molecule has 0 bridgehead atoms. The Morgan fingerprint density at radius 3 is 1.72 bits per heavy atom. The minimum atomic E-state index is -0.517. The maximum Gasteiger partial charge on any atom is 0.508 e. The van der Waals surface area contributed by atoms with Crippen LogP contribution in [0.4, 0.5) is 4.79 Å². The summed E-state index contributed by atoms with van der Waals surface area (Å²) >= 11 is 0. The van der Waals surface area contributed by atoms with Gasteiger partial charge in [0.05, 0.1) is 13.2 Å². The van der Waals surface area contributed by atoms with Crippen molar-refractivity contribution in [2.45, 2.75) is 78.1 Å². The number of carbonyl (C=O) groups excluding carboxylic acids is 1. The second-order valence-electron chi connectivity index (χ2n) is 4.78. The Morgan fingerprint density at radius 1 is 0.667 bits per heavy atom. The Hall–Kier alpha value is -0.730. The van der Waals surface area contributed by atoms with Crippen LogP contribution in [0.15, 0.2) is 0 Å². The SMILES string of the molecule is CCCCCCCCCCCOC(=O)OCCC. The summed E-state index contributed by atoms with van der Waals surface area (Å²) in [5.74, 6) is 0. The van der Waals surface area contributed by atoms with Crippen LogP contribution in [0.1, 0.15) is 78.1 Å². The minimum Gasteiger partial charge on any atom is -0.434 e. The molecule has 0 heterocycles. The fraction of sp³-hybridized carbons (Fsp3) is 0.933. The largest absolute Gasteiger partial charge is 0.508 e. The number of unbranched alkanes of at least 4 members (excludes halogenated alkanes) is 8. The summed E-state index contributed by atoms with van der Waals surface area (Å²) in [5, 5.41) is 0. The first-order valence-corrected chi connectivity index (χ1v) is 7.60. The van der Waals surface area contributed by atoms with Crippen LogP contribution in [-0.4, -0.2) is 19.4 Å². The summed E-state index contributed by atoms with van der Waals surface area (Å²) in [6.07, 6.45) is 11.8. The van der Waals surface area contributed by atoms with E-state index in [2.05, 4.69) is 6.92 Å². The molecular formula is C15H30O3. The molecular weight excluding hydrogens is 228 g/mol. The smallest absolute Gasteiger partial charge is 0.434 e. The molecule has 0 aliphatic heterocycles. The zero-order chi connectivity index (χ0) is 13.5. The molecule has 0 aromatic carbocycles. The molecule has 0 aromatic heterocycles. The lowest BCUT2D eigenvalue weighted by atomic mass is 10.1. The third-order valence-corrected chi connectivity index (χ3v) is 2.89. The summed E-state index contributed by atoms with van der Waals surface area (Å²) in [7, 11) is 0. The van der Waals surface area contributed by atoms with Crippen molar-refractivity contribution in [1.82, 2.24) is 0 Å². The van der Waals surface area contributed by atoms with E-state index in [9.17, 15) is 4.79 Å². The van der Waals surface area contributed by atoms with Gasteiger partial charge >= 0.3 is 6.16 Å². The molecule has 0 fully saturated rings. The van der Waals surface area contributed by atoms with Crippen molar-refractivity contribution in [1.29, 1.82) is 0 Å². The predicted octanol–water partition coefficient (Wildman–Crippen LogP) is 5.08. The van der Waals surface area contributed by atoms with Crippen LogP contribution in [0.5, 0.6) is 0 Å². The van der Waals surface area contributed by atoms with Crippen molar-refractivity contribution in [3.8, 4) is 0 Å². The molecule has 108 valence electrons. The van der Waals surface area contributed by atoms with Crippen LogP contribution >= 0.6 is 0 Å². The van der Waals surface area contributed by atoms with Crippen LogP contribution in [0.2, 0.25) is 0 Å². The van der Waals surface area contributed by atoms with Crippen molar-refractivity contribution in [3.63, 3.8) is 0 Å². The molecule has 0 unspecified atom stereocenters. The molecule has 0 amide bonds. The van der Waals surface area contributed by atoms with E-state index in [0.29, 0.717) is 13.2 Å². The van der Waals surface area contributed by atoms with Gasteiger partial charge in [0, 0.05) is 0 Å². The second-order valence-corrected chi connectivity index (χ2v) is 4.78. The zero-order valence-electron chi connectivity index (χ0n) is 12.2. The lowest BCUT2D eigenvalue weighted by molar-refractivity contribution is 0.0541. The number of hydrogen-bond donors (Lipinski definition) is 0. The van der Waals surface area contributed by atoms with Crippen molar-refractivity contribution in [2.75, 3.05) is 13.2 Å². The highest BCUT2D eigenvalue weighted by Gasteiger charge is 2.01.